The van der Waals surface area contributed by atoms with Crippen LogP contribution >= 0.6 is 0 Å². The molecule has 0 spiro atoms. The Hall–Kier alpha value is -0.610. The number of hydrogen-bond donors (Lipinski definition) is 1. The van der Waals surface area contributed by atoms with Gasteiger partial charge in [-0.05, 0) is 27.7 Å². The van der Waals surface area contributed by atoms with Gasteiger partial charge in [0.15, 0.2) is 0 Å². The highest BCUT2D eigenvalue weighted by Gasteiger charge is 2.25. The van der Waals surface area contributed by atoms with Crippen molar-refractivity contribution in [3.8, 4) is 0 Å². The first-order valence-corrected chi connectivity index (χ1v) is 4.66. The van der Waals surface area contributed by atoms with Crippen LogP contribution in [0.15, 0.2) is 0 Å². The fourth-order valence-electron chi connectivity index (χ4n) is 0.852. The van der Waals surface area contributed by atoms with E-state index in [9.17, 15) is 4.79 Å². The SMILES string of the molecule is COC(=O)CC(C)(C)OCC(C)(C)N. The van der Waals surface area contributed by atoms with Crippen LogP contribution in [0.1, 0.15) is 34.1 Å². The van der Waals surface area contributed by atoms with E-state index in [1.165, 1.54) is 7.11 Å². The summed E-state index contributed by atoms with van der Waals surface area (Å²) in [6.45, 7) is 7.85. The average Bonchev–Trinajstić information content (AvgIpc) is 1.99. The second-order valence-corrected chi connectivity index (χ2v) is 4.79. The number of hydrogen-bond acceptors (Lipinski definition) is 4. The summed E-state index contributed by atoms with van der Waals surface area (Å²) >= 11 is 0. The molecule has 4 nitrogen and oxygen atoms in total. The zero-order valence-corrected chi connectivity index (χ0v) is 9.72. The van der Waals surface area contributed by atoms with E-state index in [0.717, 1.165) is 0 Å². The summed E-state index contributed by atoms with van der Waals surface area (Å²) in [4.78, 5) is 11.0. The predicted octanol–water partition coefficient (Wildman–Crippen LogP) is 1.08. The first-order valence-electron chi connectivity index (χ1n) is 4.66. The fourth-order valence-corrected chi connectivity index (χ4v) is 0.852. The smallest absolute Gasteiger partial charge is 0.308 e. The van der Waals surface area contributed by atoms with Crippen molar-refractivity contribution in [3.05, 3.63) is 0 Å². The molecule has 0 aliphatic carbocycles. The second kappa shape index (κ2) is 4.75. The molecule has 0 atom stereocenters. The van der Waals surface area contributed by atoms with Gasteiger partial charge in [-0.3, -0.25) is 4.79 Å². The van der Waals surface area contributed by atoms with Crippen molar-refractivity contribution in [2.24, 2.45) is 5.73 Å². The van der Waals surface area contributed by atoms with E-state index in [2.05, 4.69) is 4.74 Å². The molecule has 0 saturated carbocycles. The maximum absolute atomic E-state index is 11.0. The molecule has 84 valence electrons. The van der Waals surface area contributed by atoms with E-state index in [0.29, 0.717) is 6.61 Å². The third kappa shape index (κ3) is 6.86. The van der Waals surface area contributed by atoms with Gasteiger partial charge in [-0.1, -0.05) is 0 Å². The lowest BCUT2D eigenvalue weighted by Gasteiger charge is -2.28. The van der Waals surface area contributed by atoms with E-state index in [1.54, 1.807) is 0 Å². The van der Waals surface area contributed by atoms with Crippen molar-refractivity contribution in [3.63, 3.8) is 0 Å². The number of carbonyl (C=O) groups excluding carboxylic acids is 1. The van der Waals surface area contributed by atoms with Crippen molar-refractivity contribution in [2.75, 3.05) is 13.7 Å². The number of ether oxygens (including phenoxy) is 2. The van der Waals surface area contributed by atoms with Crippen LogP contribution in [-0.4, -0.2) is 30.8 Å². The summed E-state index contributed by atoms with van der Waals surface area (Å²) in [5.41, 5.74) is 4.86. The molecular weight excluding hydrogens is 182 g/mol. The van der Waals surface area contributed by atoms with Gasteiger partial charge in [0.05, 0.1) is 25.7 Å². The summed E-state index contributed by atoms with van der Waals surface area (Å²) in [7, 11) is 1.37. The summed E-state index contributed by atoms with van der Waals surface area (Å²) in [6.07, 6.45) is 0.236. The average molecular weight is 203 g/mol. The molecule has 0 fully saturated rings. The molecule has 0 aromatic carbocycles. The van der Waals surface area contributed by atoms with E-state index >= 15 is 0 Å². The monoisotopic (exact) mass is 203 g/mol. The van der Waals surface area contributed by atoms with Gasteiger partial charge < -0.3 is 15.2 Å². The van der Waals surface area contributed by atoms with Crippen LogP contribution in [0.2, 0.25) is 0 Å². The quantitative estimate of drug-likeness (QED) is 0.679. The van der Waals surface area contributed by atoms with Crippen molar-refractivity contribution in [2.45, 2.75) is 45.3 Å². The summed E-state index contributed by atoms with van der Waals surface area (Å²) in [6, 6.07) is 0. The molecule has 0 heterocycles. The van der Waals surface area contributed by atoms with Gasteiger partial charge in [0.25, 0.3) is 0 Å². The van der Waals surface area contributed by atoms with Crippen LogP contribution in [0.3, 0.4) is 0 Å². The van der Waals surface area contributed by atoms with Gasteiger partial charge in [-0.2, -0.15) is 0 Å². The normalized spacial score (nSPS) is 12.7. The molecule has 0 aromatic rings. The van der Waals surface area contributed by atoms with E-state index < -0.39 is 5.60 Å². The van der Waals surface area contributed by atoms with Crippen molar-refractivity contribution in [1.82, 2.24) is 0 Å². The molecule has 0 aliphatic rings. The molecule has 0 aromatic heterocycles. The Labute approximate surface area is 85.8 Å². The van der Waals surface area contributed by atoms with Crippen LogP contribution in [0, 0.1) is 0 Å². The van der Waals surface area contributed by atoms with Gasteiger partial charge in [0.1, 0.15) is 0 Å². The van der Waals surface area contributed by atoms with Crippen LogP contribution < -0.4 is 5.73 Å². The van der Waals surface area contributed by atoms with Gasteiger partial charge >= 0.3 is 5.97 Å². The van der Waals surface area contributed by atoms with Crippen LogP contribution in [0.4, 0.5) is 0 Å². The fraction of sp³-hybridized carbons (Fsp3) is 0.900. The van der Waals surface area contributed by atoms with E-state index in [4.69, 9.17) is 10.5 Å². The predicted molar refractivity (Wildman–Crippen MR) is 54.9 cm³/mol. The standard InChI is InChI=1S/C10H21NO3/c1-9(2,11)7-14-10(3,4)6-8(12)13-5/h6-7,11H2,1-5H3. The minimum absolute atomic E-state index is 0.236. The Morgan fingerprint density at radius 1 is 1.29 bits per heavy atom. The lowest BCUT2D eigenvalue weighted by Crippen LogP contribution is -2.42. The first-order chi connectivity index (χ1) is 6.16. The lowest BCUT2D eigenvalue weighted by molar-refractivity contribution is -0.148. The summed E-state index contributed by atoms with van der Waals surface area (Å²) in [5, 5.41) is 0. The van der Waals surface area contributed by atoms with Crippen molar-refractivity contribution in [1.29, 1.82) is 0 Å². The van der Waals surface area contributed by atoms with Gasteiger partial charge in [0.2, 0.25) is 0 Å². The third-order valence-electron chi connectivity index (χ3n) is 1.63. The minimum atomic E-state index is -0.524. The van der Waals surface area contributed by atoms with Gasteiger partial charge in [-0.25, -0.2) is 0 Å². The Morgan fingerprint density at radius 3 is 2.14 bits per heavy atom. The lowest BCUT2D eigenvalue weighted by atomic mass is 10.0. The molecule has 4 heteroatoms. The highest BCUT2D eigenvalue weighted by atomic mass is 16.5. The Kier molecular flexibility index (Phi) is 4.55. The van der Waals surface area contributed by atoms with Crippen molar-refractivity contribution < 1.29 is 14.3 Å². The number of carbonyl (C=O) groups is 1. The molecule has 2 N–H and O–H groups in total. The Bertz CT molecular complexity index is 194. The van der Waals surface area contributed by atoms with Crippen molar-refractivity contribution >= 4 is 5.97 Å². The van der Waals surface area contributed by atoms with Gasteiger partial charge in [-0.15, -0.1) is 0 Å². The molecule has 0 amide bonds. The maximum Gasteiger partial charge on any atom is 0.308 e. The zero-order chi connectivity index (χ0) is 11.4. The Morgan fingerprint density at radius 2 is 1.79 bits per heavy atom. The maximum atomic E-state index is 11.0. The Balaban J connectivity index is 4.01. The topological polar surface area (TPSA) is 61.5 Å². The van der Waals surface area contributed by atoms with Gasteiger partial charge in [0, 0.05) is 5.54 Å². The molecule has 0 rings (SSSR count). The summed E-state index contributed by atoms with van der Waals surface area (Å²) in [5.74, 6) is -0.273. The molecule has 0 radical (unpaired) electrons. The number of rotatable bonds is 5. The molecule has 0 saturated heterocycles. The largest absolute Gasteiger partial charge is 0.469 e. The molecule has 14 heavy (non-hydrogen) atoms. The second-order valence-electron chi connectivity index (χ2n) is 4.79. The zero-order valence-electron chi connectivity index (χ0n) is 9.72. The number of esters is 1. The molecule has 0 bridgehead atoms. The van der Waals surface area contributed by atoms with E-state index in [-0.39, 0.29) is 17.9 Å². The van der Waals surface area contributed by atoms with Crippen LogP contribution in [0.5, 0.6) is 0 Å². The number of methoxy groups -OCH3 is 1. The summed E-state index contributed by atoms with van der Waals surface area (Å²) < 4.78 is 10.1. The van der Waals surface area contributed by atoms with Crippen LogP contribution in [-0.2, 0) is 14.3 Å². The molecule has 0 aliphatic heterocycles. The minimum Gasteiger partial charge on any atom is -0.469 e. The highest BCUT2D eigenvalue weighted by molar-refractivity contribution is 5.70. The molecular formula is C10H21NO3. The van der Waals surface area contributed by atoms with E-state index in [1.807, 2.05) is 27.7 Å². The highest BCUT2D eigenvalue weighted by Crippen LogP contribution is 2.16. The number of nitrogens with two attached hydrogens (primary N) is 1. The molecule has 0 unspecified atom stereocenters. The third-order valence-corrected chi connectivity index (χ3v) is 1.63. The first kappa shape index (κ1) is 13.4. The van der Waals surface area contributed by atoms with Crippen LogP contribution in [0.25, 0.3) is 0 Å².